The van der Waals surface area contributed by atoms with Crippen molar-refractivity contribution < 1.29 is 9.53 Å². The molecule has 1 aromatic carbocycles. The second-order valence-corrected chi connectivity index (χ2v) is 3.96. The molecule has 0 unspecified atom stereocenters. The molecule has 4 heteroatoms. The van der Waals surface area contributed by atoms with Crippen molar-refractivity contribution >= 4 is 6.09 Å². The lowest BCUT2D eigenvalue weighted by Gasteiger charge is -2.28. The van der Waals surface area contributed by atoms with Gasteiger partial charge in [-0.1, -0.05) is 24.3 Å². The maximum Gasteiger partial charge on any atom is 0.404 e. The summed E-state index contributed by atoms with van der Waals surface area (Å²) in [6, 6.07) is 8.45. The van der Waals surface area contributed by atoms with Crippen LogP contribution in [0, 0.1) is 0 Å². The molecule has 0 bridgehead atoms. The van der Waals surface area contributed by atoms with Crippen LogP contribution in [0.3, 0.4) is 0 Å². The zero-order chi connectivity index (χ0) is 11.4. The van der Waals surface area contributed by atoms with Crippen LogP contribution < -0.4 is 5.73 Å². The molecule has 0 spiro atoms. The summed E-state index contributed by atoms with van der Waals surface area (Å²) in [6.07, 6.45) is 0.365. The molecule has 0 saturated heterocycles. The summed E-state index contributed by atoms with van der Waals surface area (Å²) in [4.78, 5) is 12.7. The predicted molar refractivity (Wildman–Crippen MR) is 61.0 cm³/mol. The number of hydrogen-bond acceptors (Lipinski definition) is 3. The number of ether oxygens (including phenoxy) is 1. The van der Waals surface area contributed by atoms with Gasteiger partial charge in [-0.05, 0) is 17.5 Å². The van der Waals surface area contributed by atoms with Gasteiger partial charge < -0.3 is 10.5 Å². The molecule has 0 radical (unpaired) electrons. The minimum Gasteiger partial charge on any atom is -0.448 e. The molecule has 0 fully saturated rings. The van der Waals surface area contributed by atoms with Crippen LogP contribution in [0.4, 0.5) is 4.79 Å². The van der Waals surface area contributed by atoms with Gasteiger partial charge in [-0.25, -0.2) is 4.79 Å². The number of hydrogen-bond donors (Lipinski definition) is 1. The fourth-order valence-electron chi connectivity index (χ4n) is 2.02. The maximum absolute atomic E-state index is 10.4. The highest BCUT2D eigenvalue weighted by molar-refractivity contribution is 5.64. The van der Waals surface area contributed by atoms with Gasteiger partial charge in [0, 0.05) is 19.6 Å². The molecule has 1 aliphatic heterocycles. The van der Waals surface area contributed by atoms with E-state index in [0.29, 0.717) is 6.61 Å². The Bertz CT molecular complexity index is 379. The second kappa shape index (κ2) is 4.99. The molecule has 4 nitrogen and oxygen atoms in total. The highest BCUT2D eigenvalue weighted by atomic mass is 16.5. The van der Waals surface area contributed by atoms with Crippen molar-refractivity contribution in [2.75, 3.05) is 19.7 Å². The van der Waals surface area contributed by atoms with E-state index >= 15 is 0 Å². The normalized spacial score (nSPS) is 15.5. The quantitative estimate of drug-likeness (QED) is 0.831. The van der Waals surface area contributed by atoms with Crippen molar-refractivity contribution in [1.82, 2.24) is 4.90 Å². The number of nitrogens with two attached hydrogens (primary N) is 1. The Morgan fingerprint density at radius 3 is 2.88 bits per heavy atom. The lowest BCUT2D eigenvalue weighted by molar-refractivity contribution is 0.131. The fourth-order valence-corrected chi connectivity index (χ4v) is 2.02. The molecule has 0 atom stereocenters. The van der Waals surface area contributed by atoms with Gasteiger partial charge in [0.05, 0.1) is 0 Å². The van der Waals surface area contributed by atoms with E-state index in [1.807, 2.05) is 0 Å². The lowest BCUT2D eigenvalue weighted by atomic mass is 10.0. The van der Waals surface area contributed by atoms with Gasteiger partial charge in [0.25, 0.3) is 0 Å². The van der Waals surface area contributed by atoms with Crippen LogP contribution in [0.25, 0.3) is 0 Å². The van der Waals surface area contributed by atoms with Crippen LogP contribution in [0.5, 0.6) is 0 Å². The summed E-state index contributed by atoms with van der Waals surface area (Å²) in [6.45, 7) is 3.06. The number of rotatable bonds is 3. The number of nitrogens with zero attached hydrogens (tertiary/aromatic N) is 1. The van der Waals surface area contributed by atoms with Crippen LogP contribution in [0.1, 0.15) is 11.1 Å². The maximum atomic E-state index is 10.4. The first-order valence-corrected chi connectivity index (χ1v) is 5.47. The van der Waals surface area contributed by atoms with E-state index in [1.54, 1.807) is 0 Å². The first-order chi connectivity index (χ1) is 7.75. The van der Waals surface area contributed by atoms with E-state index in [9.17, 15) is 4.79 Å². The predicted octanol–water partition coefficient (Wildman–Crippen LogP) is 1.14. The molecular formula is C12H16N2O2. The van der Waals surface area contributed by atoms with Gasteiger partial charge in [0.15, 0.2) is 0 Å². The highest BCUT2D eigenvalue weighted by Gasteiger charge is 2.15. The van der Waals surface area contributed by atoms with E-state index < -0.39 is 6.09 Å². The minimum atomic E-state index is -0.697. The van der Waals surface area contributed by atoms with Crippen molar-refractivity contribution in [2.24, 2.45) is 5.73 Å². The van der Waals surface area contributed by atoms with Crippen LogP contribution in [0.15, 0.2) is 24.3 Å². The SMILES string of the molecule is NC(=O)OCCN1CCc2ccccc2C1. The number of primary amides is 1. The fraction of sp³-hybridized carbons (Fsp3) is 0.417. The summed E-state index contributed by atoms with van der Waals surface area (Å²) in [7, 11) is 0. The Balaban J connectivity index is 1.86. The largest absolute Gasteiger partial charge is 0.448 e. The Labute approximate surface area is 95.0 Å². The van der Waals surface area contributed by atoms with E-state index in [-0.39, 0.29) is 0 Å². The van der Waals surface area contributed by atoms with Gasteiger partial charge in [0.1, 0.15) is 6.61 Å². The number of fused-ring (bicyclic) bond motifs is 1. The van der Waals surface area contributed by atoms with E-state index in [4.69, 9.17) is 10.5 Å². The van der Waals surface area contributed by atoms with Gasteiger partial charge in [-0.2, -0.15) is 0 Å². The van der Waals surface area contributed by atoms with Crippen molar-refractivity contribution in [3.05, 3.63) is 35.4 Å². The molecule has 1 heterocycles. The number of amides is 1. The van der Waals surface area contributed by atoms with E-state index in [1.165, 1.54) is 11.1 Å². The smallest absolute Gasteiger partial charge is 0.404 e. The molecule has 0 saturated carbocycles. The monoisotopic (exact) mass is 220 g/mol. The first kappa shape index (κ1) is 11.0. The van der Waals surface area contributed by atoms with Crippen molar-refractivity contribution in [3.63, 3.8) is 0 Å². The average Bonchev–Trinajstić information content (AvgIpc) is 2.28. The first-order valence-electron chi connectivity index (χ1n) is 5.47. The Hall–Kier alpha value is -1.55. The third kappa shape index (κ3) is 2.73. The van der Waals surface area contributed by atoms with Crippen LogP contribution >= 0.6 is 0 Å². The molecule has 2 N–H and O–H groups in total. The second-order valence-electron chi connectivity index (χ2n) is 3.96. The summed E-state index contributed by atoms with van der Waals surface area (Å²) in [5.41, 5.74) is 7.70. The molecule has 86 valence electrons. The van der Waals surface area contributed by atoms with Gasteiger partial charge in [0.2, 0.25) is 0 Å². The molecule has 1 amide bonds. The van der Waals surface area contributed by atoms with Crippen LogP contribution in [-0.4, -0.2) is 30.7 Å². The van der Waals surface area contributed by atoms with Crippen molar-refractivity contribution in [2.45, 2.75) is 13.0 Å². The Kier molecular flexibility index (Phi) is 3.41. The van der Waals surface area contributed by atoms with Crippen LogP contribution in [-0.2, 0) is 17.7 Å². The average molecular weight is 220 g/mol. The molecule has 16 heavy (non-hydrogen) atoms. The summed E-state index contributed by atoms with van der Waals surface area (Å²) < 4.78 is 4.73. The third-order valence-corrected chi connectivity index (χ3v) is 2.86. The molecule has 0 aliphatic carbocycles. The molecule has 2 rings (SSSR count). The summed E-state index contributed by atoms with van der Waals surface area (Å²) in [5, 5.41) is 0. The molecular weight excluding hydrogens is 204 g/mol. The topological polar surface area (TPSA) is 55.6 Å². The van der Waals surface area contributed by atoms with Crippen LogP contribution in [0.2, 0.25) is 0 Å². The Morgan fingerprint density at radius 2 is 2.12 bits per heavy atom. The minimum absolute atomic E-state index is 0.373. The molecule has 1 aromatic rings. The zero-order valence-corrected chi connectivity index (χ0v) is 9.19. The van der Waals surface area contributed by atoms with Gasteiger partial charge in [-0.15, -0.1) is 0 Å². The van der Waals surface area contributed by atoms with E-state index in [0.717, 1.165) is 26.1 Å². The number of benzene rings is 1. The summed E-state index contributed by atoms with van der Waals surface area (Å²) in [5.74, 6) is 0. The van der Waals surface area contributed by atoms with Gasteiger partial charge >= 0.3 is 6.09 Å². The number of carbonyl (C=O) groups excluding carboxylic acids is 1. The highest BCUT2D eigenvalue weighted by Crippen LogP contribution is 2.17. The summed E-state index contributed by atoms with van der Waals surface area (Å²) >= 11 is 0. The lowest BCUT2D eigenvalue weighted by Crippen LogP contribution is -2.34. The van der Waals surface area contributed by atoms with Crippen molar-refractivity contribution in [1.29, 1.82) is 0 Å². The third-order valence-electron chi connectivity index (χ3n) is 2.86. The molecule has 1 aliphatic rings. The zero-order valence-electron chi connectivity index (χ0n) is 9.19. The molecule has 0 aromatic heterocycles. The van der Waals surface area contributed by atoms with E-state index in [2.05, 4.69) is 29.2 Å². The van der Waals surface area contributed by atoms with Gasteiger partial charge in [-0.3, -0.25) is 4.90 Å². The standard InChI is InChI=1S/C12H16N2O2/c13-12(15)16-8-7-14-6-5-10-3-1-2-4-11(10)9-14/h1-4H,5-9H2,(H2,13,15). The van der Waals surface area contributed by atoms with Crippen molar-refractivity contribution in [3.8, 4) is 0 Å². The number of carbonyl (C=O) groups is 1. The Morgan fingerprint density at radius 1 is 1.38 bits per heavy atom.